The normalized spacial score (nSPS) is 12.8. The first-order valence-electron chi connectivity index (χ1n) is 6.34. The highest BCUT2D eigenvalue weighted by Crippen LogP contribution is 2.22. The van der Waals surface area contributed by atoms with E-state index in [1.54, 1.807) is 13.8 Å². The van der Waals surface area contributed by atoms with Gasteiger partial charge in [0, 0.05) is 6.54 Å². The van der Waals surface area contributed by atoms with Gasteiger partial charge in [0.15, 0.2) is 0 Å². The first kappa shape index (κ1) is 16.4. The smallest absolute Gasteiger partial charge is 0.243 e. The van der Waals surface area contributed by atoms with Crippen LogP contribution >= 0.6 is 0 Å². The second-order valence-corrected chi connectivity index (χ2v) is 6.21. The van der Waals surface area contributed by atoms with E-state index in [0.29, 0.717) is 13.0 Å². The molecule has 1 atom stereocenters. The summed E-state index contributed by atoms with van der Waals surface area (Å²) >= 11 is 0. The molecule has 1 N–H and O–H groups in total. The van der Waals surface area contributed by atoms with Crippen LogP contribution in [0.3, 0.4) is 0 Å². The third-order valence-corrected chi connectivity index (χ3v) is 3.94. The molecule has 0 aromatic heterocycles. The molecule has 0 saturated heterocycles. The van der Waals surface area contributed by atoms with Crippen LogP contribution in [0.15, 0.2) is 24.3 Å². The predicted octanol–water partition coefficient (Wildman–Crippen LogP) is 1.51. The summed E-state index contributed by atoms with van der Waals surface area (Å²) in [7, 11) is -3.66. The molecular formula is C13H19FN2O3S. The number of benzene rings is 1. The summed E-state index contributed by atoms with van der Waals surface area (Å²) in [4.78, 5) is 12.0. The fourth-order valence-corrected chi connectivity index (χ4v) is 3.15. The van der Waals surface area contributed by atoms with Crippen molar-refractivity contribution in [2.45, 2.75) is 26.3 Å². The topological polar surface area (TPSA) is 66.5 Å². The van der Waals surface area contributed by atoms with Crippen molar-refractivity contribution >= 4 is 21.6 Å². The van der Waals surface area contributed by atoms with Crippen molar-refractivity contribution in [1.29, 1.82) is 0 Å². The van der Waals surface area contributed by atoms with E-state index in [1.165, 1.54) is 12.1 Å². The Labute approximate surface area is 118 Å². The van der Waals surface area contributed by atoms with Gasteiger partial charge in [-0.3, -0.25) is 9.10 Å². The van der Waals surface area contributed by atoms with Gasteiger partial charge in [-0.25, -0.2) is 12.8 Å². The largest absolute Gasteiger partial charge is 0.355 e. The molecule has 0 aliphatic carbocycles. The highest BCUT2D eigenvalue weighted by molar-refractivity contribution is 7.92. The van der Waals surface area contributed by atoms with Crippen molar-refractivity contribution in [2.75, 3.05) is 17.1 Å². The zero-order chi connectivity index (χ0) is 15.3. The van der Waals surface area contributed by atoms with E-state index in [1.807, 2.05) is 0 Å². The summed E-state index contributed by atoms with van der Waals surface area (Å²) in [6.45, 7) is 3.89. The minimum Gasteiger partial charge on any atom is -0.355 e. The zero-order valence-corrected chi connectivity index (χ0v) is 12.6. The van der Waals surface area contributed by atoms with Gasteiger partial charge in [0.25, 0.3) is 0 Å². The van der Waals surface area contributed by atoms with Gasteiger partial charge in [0.1, 0.15) is 11.9 Å². The molecule has 0 heterocycles. The Bertz CT molecular complexity index is 557. The van der Waals surface area contributed by atoms with E-state index < -0.39 is 21.9 Å². The molecule has 0 aliphatic rings. The quantitative estimate of drug-likeness (QED) is 0.866. The number of nitrogens with one attached hydrogen (secondary N) is 1. The molecule has 20 heavy (non-hydrogen) atoms. The highest BCUT2D eigenvalue weighted by Gasteiger charge is 2.30. The average Bonchev–Trinajstić information content (AvgIpc) is 2.36. The monoisotopic (exact) mass is 302 g/mol. The lowest BCUT2D eigenvalue weighted by atomic mass is 10.2. The fourth-order valence-electron chi connectivity index (χ4n) is 1.94. The van der Waals surface area contributed by atoms with Crippen LogP contribution < -0.4 is 9.62 Å². The number of halogens is 1. The minimum atomic E-state index is -3.66. The molecule has 0 saturated carbocycles. The van der Waals surface area contributed by atoms with Gasteiger partial charge < -0.3 is 5.32 Å². The number of carbonyl (C=O) groups is 1. The number of hydrogen-bond acceptors (Lipinski definition) is 3. The molecule has 1 rings (SSSR count). The molecule has 112 valence electrons. The molecule has 7 heteroatoms. The number of nitrogens with zero attached hydrogens (tertiary/aromatic N) is 1. The Morgan fingerprint density at radius 1 is 1.30 bits per heavy atom. The molecule has 0 spiro atoms. The van der Waals surface area contributed by atoms with Crippen LogP contribution in [0.25, 0.3) is 0 Å². The van der Waals surface area contributed by atoms with Crippen LogP contribution in [0, 0.1) is 5.82 Å². The van der Waals surface area contributed by atoms with E-state index in [0.717, 1.165) is 22.7 Å². The number of carbonyl (C=O) groups excluding carboxylic acids is 1. The maximum Gasteiger partial charge on any atom is 0.243 e. The minimum absolute atomic E-state index is 0.270. The number of hydrogen-bond donors (Lipinski definition) is 1. The van der Waals surface area contributed by atoms with Gasteiger partial charge in [-0.2, -0.15) is 0 Å². The number of sulfonamides is 1. The van der Waals surface area contributed by atoms with Crippen molar-refractivity contribution < 1.29 is 17.6 Å². The molecular weight excluding hydrogens is 283 g/mol. The van der Waals surface area contributed by atoms with E-state index in [-0.39, 0.29) is 11.6 Å². The Hall–Kier alpha value is -1.63. The second kappa shape index (κ2) is 6.69. The number of amides is 1. The van der Waals surface area contributed by atoms with E-state index in [9.17, 15) is 17.6 Å². The van der Waals surface area contributed by atoms with Crippen molar-refractivity contribution in [1.82, 2.24) is 5.32 Å². The van der Waals surface area contributed by atoms with Crippen LogP contribution in [0.1, 0.15) is 20.3 Å². The Morgan fingerprint density at radius 3 is 2.25 bits per heavy atom. The summed E-state index contributed by atoms with van der Waals surface area (Å²) in [6.07, 6.45) is 1.34. The summed E-state index contributed by atoms with van der Waals surface area (Å²) in [5, 5.41) is 2.61. The molecule has 1 amide bonds. The SMILES string of the molecule is CCNC(=O)[C@H](CC)N(c1ccc(F)cc1)S(C)(=O)=O. The lowest BCUT2D eigenvalue weighted by Gasteiger charge is -2.29. The van der Waals surface area contributed by atoms with Gasteiger partial charge in [0.2, 0.25) is 15.9 Å². The lowest BCUT2D eigenvalue weighted by Crippen LogP contribution is -2.49. The van der Waals surface area contributed by atoms with Crippen molar-refractivity contribution in [3.05, 3.63) is 30.1 Å². The van der Waals surface area contributed by atoms with Crippen LogP contribution in [0.4, 0.5) is 10.1 Å². The van der Waals surface area contributed by atoms with Crippen molar-refractivity contribution in [2.24, 2.45) is 0 Å². The molecule has 0 radical (unpaired) electrons. The van der Waals surface area contributed by atoms with Gasteiger partial charge in [-0.15, -0.1) is 0 Å². The summed E-state index contributed by atoms with van der Waals surface area (Å²) in [6, 6.07) is 4.17. The molecule has 5 nitrogen and oxygen atoms in total. The maximum atomic E-state index is 13.0. The Morgan fingerprint density at radius 2 is 1.85 bits per heavy atom. The van der Waals surface area contributed by atoms with Gasteiger partial charge in [-0.1, -0.05) is 6.92 Å². The highest BCUT2D eigenvalue weighted by atomic mass is 32.2. The Balaban J connectivity index is 3.25. The number of rotatable bonds is 6. The summed E-state index contributed by atoms with van der Waals surface area (Å²) in [5.74, 6) is -0.835. The first-order chi connectivity index (χ1) is 9.31. The first-order valence-corrected chi connectivity index (χ1v) is 8.18. The lowest BCUT2D eigenvalue weighted by molar-refractivity contribution is -0.122. The second-order valence-electron chi connectivity index (χ2n) is 4.35. The zero-order valence-electron chi connectivity index (χ0n) is 11.8. The third kappa shape index (κ3) is 3.93. The molecule has 0 unspecified atom stereocenters. The third-order valence-electron chi connectivity index (χ3n) is 2.76. The van der Waals surface area contributed by atoms with E-state index >= 15 is 0 Å². The summed E-state index contributed by atoms with van der Waals surface area (Å²) in [5.41, 5.74) is 0.270. The van der Waals surface area contributed by atoms with Crippen LogP contribution in [-0.2, 0) is 14.8 Å². The molecule has 1 aromatic rings. The van der Waals surface area contributed by atoms with Crippen LogP contribution in [0.5, 0.6) is 0 Å². The van der Waals surface area contributed by atoms with Gasteiger partial charge in [0.05, 0.1) is 11.9 Å². The Kier molecular flexibility index (Phi) is 5.50. The molecule has 0 fully saturated rings. The van der Waals surface area contributed by atoms with Crippen molar-refractivity contribution in [3.8, 4) is 0 Å². The van der Waals surface area contributed by atoms with Crippen LogP contribution in [-0.4, -0.2) is 33.2 Å². The van der Waals surface area contributed by atoms with Gasteiger partial charge >= 0.3 is 0 Å². The standard InChI is InChI=1S/C13H19FN2O3S/c1-4-12(13(17)15-5-2)16(20(3,18)19)11-8-6-10(14)7-9-11/h6-9,12H,4-5H2,1-3H3,(H,15,17)/t12-/m0/s1. The maximum absolute atomic E-state index is 13.0. The molecule has 0 aliphatic heterocycles. The van der Waals surface area contributed by atoms with Crippen molar-refractivity contribution in [3.63, 3.8) is 0 Å². The van der Waals surface area contributed by atoms with E-state index in [4.69, 9.17) is 0 Å². The molecule has 1 aromatic carbocycles. The van der Waals surface area contributed by atoms with Gasteiger partial charge in [-0.05, 0) is 37.6 Å². The summed E-state index contributed by atoms with van der Waals surface area (Å²) < 4.78 is 37.9. The number of anilines is 1. The fraction of sp³-hybridized carbons (Fsp3) is 0.462. The predicted molar refractivity (Wildman–Crippen MR) is 76.5 cm³/mol. The van der Waals surface area contributed by atoms with Crippen LogP contribution in [0.2, 0.25) is 0 Å². The number of likely N-dealkylation sites (N-methyl/N-ethyl adjacent to an activating group) is 1. The van der Waals surface area contributed by atoms with E-state index in [2.05, 4.69) is 5.32 Å². The average molecular weight is 302 g/mol. The molecule has 0 bridgehead atoms.